The monoisotopic (exact) mass is 213 g/mol. The van der Waals surface area contributed by atoms with E-state index in [9.17, 15) is 0 Å². The van der Waals surface area contributed by atoms with Crippen LogP contribution in [0.5, 0.6) is 0 Å². The lowest BCUT2D eigenvalue weighted by atomic mass is 10.0. The summed E-state index contributed by atoms with van der Waals surface area (Å²) in [6, 6.07) is 1.41. The van der Waals surface area contributed by atoms with Crippen LogP contribution in [-0.2, 0) is 4.74 Å². The Hall–Kier alpha value is -0.0800. The van der Waals surface area contributed by atoms with Crippen molar-refractivity contribution >= 4 is 0 Å². The number of unbranched alkanes of at least 4 members (excludes halogenated alkanes) is 1. The minimum absolute atomic E-state index is 0.444. The second-order valence-electron chi connectivity index (χ2n) is 4.82. The Balaban J connectivity index is 2.24. The van der Waals surface area contributed by atoms with Gasteiger partial charge in [0.05, 0.1) is 6.10 Å². The van der Waals surface area contributed by atoms with E-state index < -0.39 is 0 Å². The number of nitrogens with one attached hydrogen (secondary N) is 1. The first kappa shape index (κ1) is 13.0. The van der Waals surface area contributed by atoms with Gasteiger partial charge in [0.15, 0.2) is 0 Å². The normalized spacial score (nSPS) is 29.0. The van der Waals surface area contributed by atoms with Crippen molar-refractivity contribution in [1.29, 1.82) is 0 Å². The van der Waals surface area contributed by atoms with Gasteiger partial charge in [0.25, 0.3) is 0 Å². The summed E-state index contributed by atoms with van der Waals surface area (Å²) >= 11 is 0. The number of hydrogen-bond acceptors (Lipinski definition) is 2. The van der Waals surface area contributed by atoms with Crippen molar-refractivity contribution in [1.82, 2.24) is 5.32 Å². The van der Waals surface area contributed by atoms with Gasteiger partial charge < -0.3 is 10.1 Å². The molecule has 0 aliphatic carbocycles. The van der Waals surface area contributed by atoms with Crippen molar-refractivity contribution in [3.8, 4) is 0 Å². The molecule has 1 fully saturated rings. The van der Waals surface area contributed by atoms with E-state index in [1.165, 1.54) is 38.5 Å². The summed E-state index contributed by atoms with van der Waals surface area (Å²) in [6.07, 6.45) is 8.06. The van der Waals surface area contributed by atoms with Crippen LogP contribution in [0.3, 0.4) is 0 Å². The second kappa shape index (κ2) is 7.24. The quantitative estimate of drug-likeness (QED) is 0.732. The Morgan fingerprint density at radius 2 is 2.20 bits per heavy atom. The van der Waals surface area contributed by atoms with E-state index in [-0.39, 0.29) is 0 Å². The van der Waals surface area contributed by atoms with Crippen LogP contribution in [0, 0.1) is 0 Å². The molecule has 0 bridgehead atoms. The Morgan fingerprint density at radius 3 is 2.80 bits per heavy atom. The highest BCUT2D eigenvalue weighted by Crippen LogP contribution is 2.15. The summed E-state index contributed by atoms with van der Waals surface area (Å²) in [5.41, 5.74) is 0. The fourth-order valence-corrected chi connectivity index (χ4v) is 2.34. The number of rotatable bonds is 6. The van der Waals surface area contributed by atoms with Crippen LogP contribution in [-0.4, -0.2) is 24.8 Å². The van der Waals surface area contributed by atoms with Crippen molar-refractivity contribution < 1.29 is 4.74 Å². The maximum Gasteiger partial charge on any atom is 0.0561 e. The fourth-order valence-electron chi connectivity index (χ4n) is 2.34. The first-order valence-electron chi connectivity index (χ1n) is 6.63. The van der Waals surface area contributed by atoms with Crippen LogP contribution in [0.4, 0.5) is 0 Å². The van der Waals surface area contributed by atoms with Crippen LogP contribution >= 0.6 is 0 Å². The summed E-state index contributed by atoms with van der Waals surface area (Å²) in [7, 11) is 0. The van der Waals surface area contributed by atoms with E-state index in [0.29, 0.717) is 12.1 Å². The predicted octanol–water partition coefficient (Wildman–Crippen LogP) is 3.11. The molecule has 0 radical (unpaired) electrons. The number of ether oxygens (including phenoxy) is 1. The van der Waals surface area contributed by atoms with Crippen molar-refractivity contribution in [2.75, 3.05) is 6.61 Å². The molecule has 1 heterocycles. The summed E-state index contributed by atoms with van der Waals surface area (Å²) in [6.45, 7) is 7.67. The van der Waals surface area contributed by atoms with Crippen molar-refractivity contribution in [3.63, 3.8) is 0 Å². The molecular weight excluding hydrogens is 186 g/mol. The average Bonchev–Trinajstić information content (AvgIpc) is 2.24. The van der Waals surface area contributed by atoms with Gasteiger partial charge in [0.2, 0.25) is 0 Å². The molecule has 1 rings (SSSR count). The SMILES string of the molecule is CCCCC(CC)NC1CCOC(C)C1. The molecule has 0 spiro atoms. The Labute approximate surface area is 94.8 Å². The Morgan fingerprint density at radius 1 is 1.40 bits per heavy atom. The van der Waals surface area contributed by atoms with Crippen LogP contribution in [0.25, 0.3) is 0 Å². The molecule has 3 unspecified atom stereocenters. The molecule has 2 heteroatoms. The molecular formula is C13H27NO. The lowest BCUT2D eigenvalue weighted by molar-refractivity contribution is 0.0109. The lowest BCUT2D eigenvalue weighted by Crippen LogP contribution is -2.43. The molecule has 90 valence electrons. The maximum absolute atomic E-state index is 5.56. The van der Waals surface area contributed by atoms with Gasteiger partial charge in [-0.15, -0.1) is 0 Å². The average molecular weight is 213 g/mol. The third-order valence-corrected chi connectivity index (χ3v) is 3.36. The zero-order valence-corrected chi connectivity index (χ0v) is 10.6. The summed E-state index contributed by atoms with van der Waals surface area (Å²) in [5, 5.41) is 3.79. The molecule has 3 atom stereocenters. The van der Waals surface area contributed by atoms with E-state index in [1.807, 2.05) is 0 Å². The lowest BCUT2D eigenvalue weighted by Gasteiger charge is -2.31. The molecule has 1 aliphatic rings. The summed E-state index contributed by atoms with van der Waals surface area (Å²) in [4.78, 5) is 0. The van der Waals surface area contributed by atoms with Gasteiger partial charge in [-0.2, -0.15) is 0 Å². The van der Waals surface area contributed by atoms with Gasteiger partial charge in [-0.05, 0) is 32.6 Å². The highest BCUT2D eigenvalue weighted by molar-refractivity contribution is 4.78. The minimum atomic E-state index is 0.444. The third-order valence-electron chi connectivity index (χ3n) is 3.36. The molecule has 0 aromatic rings. The Kier molecular flexibility index (Phi) is 6.26. The van der Waals surface area contributed by atoms with Crippen molar-refractivity contribution in [3.05, 3.63) is 0 Å². The first-order chi connectivity index (χ1) is 7.26. The van der Waals surface area contributed by atoms with E-state index >= 15 is 0 Å². The van der Waals surface area contributed by atoms with E-state index in [1.54, 1.807) is 0 Å². The van der Waals surface area contributed by atoms with E-state index in [4.69, 9.17) is 4.74 Å². The predicted molar refractivity (Wildman–Crippen MR) is 65.2 cm³/mol. The molecule has 0 aromatic heterocycles. The summed E-state index contributed by atoms with van der Waals surface area (Å²) < 4.78 is 5.56. The Bertz CT molecular complexity index is 161. The van der Waals surface area contributed by atoms with Crippen LogP contribution in [0.2, 0.25) is 0 Å². The molecule has 1 saturated heterocycles. The highest BCUT2D eigenvalue weighted by atomic mass is 16.5. The smallest absolute Gasteiger partial charge is 0.0561 e. The third kappa shape index (κ3) is 4.98. The van der Waals surface area contributed by atoms with E-state index in [2.05, 4.69) is 26.1 Å². The second-order valence-corrected chi connectivity index (χ2v) is 4.82. The zero-order valence-electron chi connectivity index (χ0n) is 10.6. The topological polar surface area (TPSA) is 21.3 Å². The van der Waals surface area contributed by atoms with E-state index in [0.717, 1.165) is 12.6 Å². The van der Waals surface area contributed by atoms with Gasteiger partial charge in [-0.25, -0.2) is 0 Å². The van der Waals surface area contributed by atoms with Crippen LogP contribution in [0.15, 0.2) is 0 Å². The first-order valence-corrected chi connectivity index (χ1v) is 6.63. The molecule has 2 nitrogen and oxygen atoms in total. The molecule has 15 heavy (non-hydrogen) atoms. The van der Waals surface area contributed by atoms with Gasteiger partial charge in [0, 0.05) is 18.7 Å². The minimum Gasteiger partial charge on any atom is -0.378 e. The summed E-state index contributed by atoms with van der Waals surface area (Å²) in [5.74, 6) is 0. The molecule has 1 N–H and O–H groups in total. The van der Waals surface area contributed by atoms with Gasteiger partial charge in [-0.3, -0.25) is 0 Å². The zero-order chi connectivity index (χ0) is 11.1. The van der Waals surface area contributed by atoms with Crippen molar-refractivity contribution in [2.45, 2.75) is 77.5 Å². The van der Waals surface area contributed by atoms with Crippen molar-refractivity contribution in [2.24, 2.45) is 0 Å². The van der Waals surface area contributed by atoms with Gasteiger partial charge >= 0.3 is 0 Å². The standard InChI is InChI=1S/C13H27NO/c1-4-6-7-12(5-2)14-13-8-9-15-11(3)10-13/h11-14H,4-10H2,1-3H3. The fraction of sp³-hybridized carbons (Fsp3) is 1.00. The largest absolute Gasteiger partial charge is 0.378 e. The molecule has 0 amide bonds. The molecule has 1 aliphatic heterocycles. The highest BCUT2D eigenvalue weighted by Gasteiger charge is 2.20. The van der Waals surface area contributed by atoms with Gasteiger partial charge in [-0.1, -0.05) is 26.7 Å². The molecule has 0 saturated carbocycles. The van der Waals surface area contributed by atoms with Crippen LogP contribution < -0.4 is 5.32 Å². The molecule has 0 aromatic carbocycles. The van der Waals surface area contributed by atoms with Gasteiger partial charge in [0.1, 0.15) is 0 Å². The number of hydrogen-bond donors (Lipinski definition) is 1. The van der Waals surface area contributed by atoms with Crippen LogP contribution in [0.1, 0.15) is 59.3 Å². The maximum atomic E-state index is 5.56.